The molecule has 2 fully saturated rings. The molecule has 2 N–H and O–H groups in total. The average molecular weight is 499 g/mol. The summed E-state index contributed by atoms with van der Waals surface area (Å²) in [4.78, 5) is 29.0. The summed E-state index contributed by atoms with van der Waals surface area (Å²) in [5, 5.41) is 5.03. The summed E-state index contributed by atoms with van der Waals surface area (Å²) in [6.07, 6.45) is 3.84. The molecule has 3 aromatic rings. The number of hydrogen-bond donors (Lipinski definition) is 2. The molecule has 2 bridgehead atoms. The van der Waals surface area contributed by atoms with Crippen LogP contribution < -0.4 is 14.9 Å². The number of halogens is 1. The molecule has 5 nitrogen and oxygen atoms in total. The summed E-state index contributed by atoms with van der Waals surface area (Å²) in [5.41, 5.74) is 1.76. The van der Waals surface area contributed by atoms with Crippen molar-refractivity contribution in [1.29, 1.82) is 0 Å². The van der Waals surface area contributed by atoms with Crippen molar-refractivity contribution in [2.24, 2.45) is 17.8 Å². The van der Waals surface area contributed by atoms with Crippen molar-refractivity contribution in [2.45, 2.75) is 35.5 Å². The SMILES string of the molecule is O=C(COc1ccccc1[C@H]1c2sc(=O)[nH]c2S[C@@H]2[C@@H]3CC[C@H](C3)[C@H]12)Nc1ccc(Cl)cc1. The Bertz CT molecular complexity index is 1260. The lowest BCUT2D eigenvalue weighted by atomic mass is 9.74. The van der Waals surface area contributed by atoms with Crippen molar-refractivity contribution in [2.75, 3.05) is 11.9 Å². The average Bonchev–Trinajstić information content (AvgIpc) is 3.52. The molecule has 33 heavy (non-hydrogen) atoms. The fraction of sp³-hybridized carbons (Fsp3) is 0.360. The van der Waals surface area contributed by atoms with Crippen molar-refractivity contribution in [3.8, 4) is 5.75 Å². The number of anilines is 1. The van der Waals surface area contributed by atoms with Crippen LogP contribution >= 0.6 is 34.7 Å². The minimum absolute atomic E-state index is 0.00515. The number of thiazole rings is 1. The highest BCUT2D eigenvalue weighted by Crippen LogP contribution is 2.64. The van der Waals surface area contributed by atoms with E-state index in [1.807, 2.05) is 30.0 Å². The first-order valence-corrected chi connectivity index (χ1v) is 13.3. The molecule has 170 valence electrons. The molecule has 2 saturated carbocycles. The molecule has 0 unspecified atom stereocenters. The zero-order valence-electron chi connectivity index (χ0n) is 17.8. The Morgan fingerprint density at radius 3 is 2.76 bits per heavy atom. The molecular formula is C25H23ClN2O3S2. The van der Waals surface area contributed by atoms with E-state index < -0.39 is 0 Å². The van der Waals surface area contributed by atoms with Gasteiger partial charge in [-0.05, 0) is 67.3 Å². The maximum atomic E-state index is 12.5. The van der Waals surface area contributed by atoms with Crippen LogP contribution in [-0.4, -0.2) is 22.7 Å². The van der Waals surface area contributed by atoms with Gasteiger partial charge >= 0.3 is 4.87 Å². The second-order valence-electron chi connectivity index (χ2n) is 9.06. The molecule has 0 saturated heterocycles. The van der Waals surface area contributed by atoms with Crippen LogP contribution in [-0.2, 0) is 4.79 Å². The number of benzene rings is 2. The molecule has 0 radical (unpaired) electrons. The van der Waals surface area contributed by atoms with Crippen molar-refractivity contribution in [3.63, 3.8) is 0 Å². The van der Waals surface area contributed by atoms with Crippen LogP contribution in [0, 0.1) is 17.8 Å². The summed E-state index contributed by atoms with van der Waals surface area (Å²) >= 11 is 9.12. The Hall–Kier alpha value is -2.22. The van der Waals surface area contributed by atoms with Crippen molar-refractivity contribution in [3.05, 3.63) is 73.7 Å². The predicted octanol–water partition coefficient (Wildman–Crippen LogP) is 5.76. The molecule has 0 spiro atoms. The number of hydrogen-bond acceptors (Lipinski definition) is 5. The molecule has 8 heteroatoms. The first-order chi connectivity index (χ1) is 16.1. The number of rotatable bonds is 5. The number of fused-ring (bicyclic) bond motifs is 6. The van der Waals surface area contributed by atoms with Crippen LogP contribution in [0.5, 0.6) is 5.75 Å². The maximum absolute atomic E-state index is 12.5. The Kier molecular flexibility index (Phi) is 5.51. The Labute approximate surface area is 204 Å². The molecule has 2 heterocycles. The number of aromatic amines is 1. The van der Waals surface area contributed by atoms with Gasteiger partial charge < -0.3 is 15.0 Å². The third kappa shape index (κ3) is 3.90. The lowest BCUT2D eigenvalue weighted by molar-refractivity contribution is -0.118. The quantitative estimate of drug-likeness (QED) is 0.469. The molecular weight excluding hydrogens is 476 g/mol. The smallest absolute Gasteiger partial charge is 0.305 e. The Balaban J connectivity index is 1.28. The highest BCUT2D eigenvalue weighted by atomic mass is 35.5. The second-order valence-corrected chi connectivity index (χ2v) is 11.7. The fourth-order valence-corrected chi connectivity index (χ4v) is 8.95. The van der Waals surface area contributed by atoms with Gasteiger partial charge in [0.05, 0.1) is 5.03 Å². The minimum Gasteiger partial charge on any atom is -0.483 e. The van der Waals surface area contributed by atoms with Crippen molar-refractivity contribution >= 4 is 46.3 Å². The lowest BCUT2D eigenvalue weighted by Gasteiger charge is -2.40. The molecule has 1 aliphatic heterocycles. The van der Waals surface area contributed by atoms with Gasteiger partial charge in [-0.2, -0.15) is 0 Å². The zero-order chi connectivity index (χ0) is 22.5. The minimum atomic E-state index is -0.226. The Morgan fingerprint density at radius 1 is 1.12 bits per heavy atom. The summed E-state index contributed by atoms with van der Waals surface area (Å²) < 4.78 is 6.07. The fourth-order valence-electron chi connectivity index (χ4n) is 5.94. The van der Waals surface area contributed by atoms with Gasteiger partial charge in [0.1, 0.15) is 5.75 Å². The number of para-hydroxylation sites is 1. The molecule has 6 rings (SSSR count). The van der Waals surface area contributed by atoms with Crippen molar-refractivity contribution in [1.82, 2.24) is 4.98 Å². The van der Waals surface area contributed by atoms with E-state index >= 15 is 0 Å². The number of carbonyl (C=O) groups is 1. The second kappa shape index (κ2) is 8.53. The first-order valence-electron chi connectivity index (χ1n) is 11.2. The number of H-pyrrole nitrogens is 1. The summed E-state index contributed by atoms with van der Waals surface area (Å²) in [7, 11) is 0. The van der Waals surface area contributed by atoms with E-state index in [0.29, 0.717) is 33.5 Å². The van der Waals surface area contributed by atoms with Crippen LogP contribution in [0.4, 0.5) is 5.69 Å². The van der Waals surface area contributed by atoms with Crippen LogP contribution in [0.2, 0.25) is 5.02 Å². The lowest BCUT2D eigenvalue weighted by Crippen LogP contribution is -2.34. The van der Waals surface area contributed by atoms with E-state index in [0.717, 1.165) is 21.4 Å². The van der Waals surface area contributed by atoms with Gasteiger partial charge in [0.2, 0.25) is 0 Å². The van der Waals surface area contributed by atoms with Gasteiger partial charge in [0.25, 0.3) is 5.91 Å². The first kappa shape index (κ1) is 21.3. The summed E-state index contributed by atoms with van der Waals surface area (Å²) in [5.74, 6) is 2.53. The van der Waals surface area contributed by atoms with Gasteiger partial charge in [-0.15, -0.1) is 11.8 Å². The van der Waals surface area contributed by atoms with E-state index in [9.17, 15) is 9.59 Å². The topological polar surface area (TPSA) is 71.2 Å². The van der Waals surface area contributed by atoms with Crippen LogP contribution in [0.3, 0.4) is 0 Å². The van der Waals surface area contributed by atoms with E-state index in [4.69, 9.17) is 16.3 Å². The van der Waals surface area contributed by atoms with Gasteiger partial charge in [0.15, 0.2) is 6.61 Å². The largest absolute Gasteiger partial charge is 0.483 e. The van der Waals surface area contributed by atoms with Gasteiger partial charge in [-0.3, -0.25) is 9.59 Å². The number of aromatic nitrogens is 1. The van der Waals surface area contributed by atoms with Crippen molar-refractivity contribution < 1.29 is 9.53 Å². The highest BCUT2D eigenvalue weighted by molar-refractivity contribution is 8.00. The van der Waals surface area contributed by atoms with E-state index in [2.05, 4.69) is 16.4 Å². The van der Waals surface area contributed by atoms with E-state index in [1.165, 1.54) is 30.6 Å². The molecule has 1 amide bonds. The normalized spacial score (nSPS) is 27.1. The number of amides is 1. The highest BCUT2D eigenvalue weighted by Gasteiger charge is 2.55. The van der Waals surface area contributed by atoms with Crippen LogP contribution in [0.15, 0.2) is 58.4 Å². The van der Waals surface area contributed by atoms with Gasteiger partial charge in [-0.25, -0.2) is 0 Å². The molecule has 3 aliphatic rings. The monoisotopic (exact) mass is 498 g/mol. The van der Waals surface area contributed by atoms with Gasteiger partial charge in [0, 0.05) is 32.3 Å². The third-order valence-electron chi connectivity index (χ3n) is 7.21. The maximum Gasteiger partial charge on any atom is 0.305 e. The third-order valence-corrected chi connectivity index (χ3v) is 10.1. The van der Waals surface area contributed by atoms with E-state index in [-0.39, 0.29) is 23.3 Å². The van der Waals surface area contributed by atoms with Crippen LogP contribution in [0.1, 0.15) is 35.6 Å². The number of nitrogens with one attached hydrogen (secondary N) is 2. The molecule has 1 aromatic heterocycles. The number of carbonyl (C=O) groups excluding carboxylic acids is 1. The number of ether oxygens (including phenoxy) is 1. The predicted molar refractivity (Wildman–Crippen MR) is 133 cm³/mol. The zero-order valence-corrected chi connectivity index (χ0v) is 20.1. The Morgan fingerprint density at radius 2 is 1.91 bits per heavy atom. The molecule has 2 aliphatic carbocycles. The number of thioether (sulfide) groups is 1. The molecule has 2 aromatic carbocycles. The van der Waals surface area contributed by atoms with Crippen LogP contribution in [0.25, 0.3) is 0 Å². The summed E-state index contributed by atoms with van der Waals surface area (Å²) in [6, 6.07) is 15.0. The van der Waals surface area contributed by atoms with Gasteiger partial charge in [-0.1, -0.05) is 41.1 Å². The molecule has 5 atom stereocenters. The summed E-state index contributed by atoms with van der Waals surface area (Å²) in [6.45, 7) is -0.0858. The standard InChI is InChI=1S/C25H23ClN2O3S2/c26-15-7-9-16(10-8-15)27-19(29)12-31-18-4-2-1-3-17(18)21-20-13-5-6-14(11-13)22(20)32-24-23(21)33-25(30)28-24/h1-4,7-10,13-14,20-22H,5-6,11-12H2,(H,27,29)(H,28,30)/t13-,14-,20-,21-,22-/m1/s1. The van der Waals surface area contributed by atoms with E-state index in [1.54, 1.807) is 24.3 Å².